The molecule has 18 heavy (non-hydrogen) atoms. The predicted octanol–water partition coefficient (Wildman–Crippen LogP) is 3.24. The van der Waals surface area contributed by atoms with Crippen molar-refractivity contribution >= 4 is 0 Å². The zero-order valence-corrected chi connectivity index (χ0v) is 11.7. The molecule has 0 amide bonds. The van der Waals surface area contributed by atoms with Crippen molar-refractivity contribution in [2.45, 2.75) is 58.0 Å². The molecule has 0 spiro atoms. The van der Waals surface area contributed by atoms with Gasteiger partial charge in [-0.2, -0.15) is 0 Å². The highest BCUT2D eigenvalue weighted by molar-refractivity contribution is 5.11. The Morgan fingerprint density at radius 1 is 1.33 bits per heavy atom. The number of nitrogens with zero attached hydrogens (tertiary/aromatic N) is 1. The molecule has 1 aromatic heterocycles. The molecule has 3 heteroatoms. The largest absolute Gasteiger partial charge is 0.465 e. The molecule has 3 nitrogen and oxygen atoms in total. The van der Waals surface area contributed by atoms with Crippen LogP contribution >= 0.6 is 0 Å². The van der Waals surface area contributed by atoms with E-state index in [1.165, 1.54) is 32.1 Å². The lowest BCUT2D eigenvalue weighted by atomic mass is 9.93. The van der Waals surface area contributed by atoms with Crippen molar-refractivity contribution in [3.8, 4) is 0 Å². The SMILES string of the molecule is CCN(C1CCCCC1)C(CN)c1ccc(C)o1. The molecule has 1 saturated carbocycles. The van der Waals surface area contributed by atoms with E-state index in [0.29, 0.717) is 12.6 Å². The first-order valence-corrected chi connectivity index (χ1v) is 7.28. The van der Waals surface area contributed by atoms with E-state index in [1.54, 1.807) is 0 Å². The van der Waals surface area contributed by atoms with Crippen LogP contribution in [-0.2, 0) is 0 Å². The van der Waals surface area contributed by atoms with E-state index in [-0.39, 0.29) is 6.04 Å². The van der Waals surface area contributed by atoms with Crippen molar-refractivity contribution in [3.63, 3.8) is 0 Å². The molecule has 102 valence electrons. The van der Waals surface area contributed by atoms with Crippen molar-refractivity contribution in [3.05, 3.63) is 23.7 Å². The van der Waals surface area contributed by atoms with E-state index in [4.69, 9.17) is 10.2 Å². The first-order chi connectivity index (χ1) is 8.76. The summed E-state index contributed by atoms with van der Waals surface area (Å²) < 4.78 is 5.79. The minimum Gasteiger partial charge on any atom is -0.465 e. The number of rotatable bonds is 5. The summed E-state index contributed by atoms with van der Waals surface area (Å²) in [5.41, 5.74) is 6.00. The van der Waals surface area contributed by atoms with Gasteiger partial charge in [0.2, 0.25) is 0 Å². The fourth-order valence-corrected chi connectivity index (χ4v) is 3.19. The summed E-state index contributed by atoms with van der Waals surface area (Å²) in [5.74, 6) is 2.01. The molecule has 1 aliphatic carbocycles. The monoisotopic (exact) mass is 250 g/mol. The third-order valence-corrected chi connectivity index (χ3v) is 4.12. The Labute approximate surface area is 110 Å². The second-order valence-corrected chi connectivity index (χ2v) is 5.32. The van der Waals surface area contributed by atoms with Crippen molar-refractivity contribution in [2.75, 3.05) is 13.1 Å². The lowest BCUT2D eigenvalue weighted by Crippen LogP contribution is -2.42. The van der Waals surface area contributed by atoms with Crippen LogP contribution in [0.2, 0.25) is 0 Å². The van der Waals surface area contributed by atoms with Gasteiger partial charge < -0.3 is 10.2 Å². The van der Waals surface area contributed by atoms with Gasteiger partial charge in [-0.1, -0.05) is 26.2 Å². The van der Waals surface area contributed by atoms with Crippen LogP contribution in [-0.4, -0.2) is 24.0 Å². The second kappa shape index (κ2) is 6.39. The Bertz CT molecular complexity index is 355. The fourth-order valence-electron chi connectivity index (χ4n) is 3.19. The lowest BCUT2D eigenvalue weighted by molar-refractivity contribution is 0.100. The molecule has 1 aromatic rings. The molecule has 0 aromatic carbocycles. The molecule has 1 heterocycles. The number of aryl methyl sites for hydroxylation is 1. The molecule has 0 saturated heterocycles. The van der Waals surface area contributed by atoms with Crippen LogP contribution in [0.25, 0.3) is 0 Å². The lowest BCUT2D eigenvalue weighted by Gasteiger charge is -2.38. The fraction of sp³-hybridized carbons (Fsp3) is 0.733. The van der Waals surface area contributed by atoms with Crippen LogP contribution < -0.4 is 5.73 Å². The number of nitrogens with two attached hydrogens (primary N) is 1. The summed E-state index contributed by atoms with van der Waals surface area (Å²) in [7, 11) is 0. The van der Waals surface area contributed by atoms with Gasteiger partial charge in [0.1, 0.15) is 11.5 Å². The number of hydrogen-bond acceptors (Lipinski definition) is 3. The number of likely N-dealkylation sites (N-methyl/N-ethyl adjacent to an activating group) is 1. The summed E-state index contributed by atoms with van der Waals surface area (Å²) in [6.45, 7) is 5.91. The standard InChI is InChI=1S/C15H26N2O/c1-3-17(13-7-5-4-6-8-13)14(11-16)15-10-9-12(2)18-15/h9-10,13-14H,3-8,11,16H2,1-2H3. The highest BCUT2D eigenvalue weighted by Crippen LogP contribution is 2.30. The second-order valence-electron chi connectivity index (χ2n) is 5.32. The summed E-state index contributed by atoms with van der Waals surface area (Å²) in [6.07, 6.45) is 6.72. The van der Waals surface area contributed by atoms with Crippen LogP contribution in [0, 0.1) is 6.92 Å². The molecule has 2 N–H and O–H groups in total. The van der Waals surface area contributed by atoms with E-state index >= 15 is 0 Å². The third-order valence-electron chi connectivity index (χ3n) is 4.12. The van der Waals surface area contributed by atoms with Crippen LogP contribution in [0.3, 0.4) is 0 Å². The van der Waals surface area contributed by atoms with Crippen molar-refractivity contribution < 1.29 is 4.42 Å². The Balaban J connectivity index is 2.12. The van der Waals surface area contributed by atoms with Crippen molar-refractivity contribution in [2.24, 2.45) is 5.73 Å². The molecular formula is C15H26N2O. The predicted molar refractivity (Wildman–Crippen MR) is 74.5 cm³/mol. The van der Waals surface area contributed by atoms with E-state index < -0.39 is 0 Å². The maximum Gasteiger partial charge on any atom is 0.122 e. The number of furan rings is 1. The topological polar surface area (TPSA) is 42.4 Å². The Morgan fingerprint density at radius 3 is 2.56 bits per heavy atom. The van der Waals surface area contributed by atoms with Gasteiger partial charge in [-0.05, 0) is 38.4 Å². The van der Waals surface area contributed by atoms with Crippen LogP contribution in [0.1, 0.15) is 56.6 Å². The maximum atomic E-state index is 6.00. The Hall–Kier alpha value is -0.800. The molecule has 1 atom stereocenters. The molecule has 0 bridgehead atoms. The Morgan fingerprint density at radius 2 is 2.06 bits per heavy atom. The number of hydrogen-bond donors (Lipinski definition) is 1. The van der Waals surface area contributed by atoms with E-state index in [1.807, 2.05) is 13.0 Å². The maximum absolute atomic E-state index is 6.00. The summed E-state index contributed by atoms with van der Waals surface area (Å²) in [5, 5.41) is 0. The van der Waals surface area contributed by atoms with E-state index in [2.05, 4.69) is 17.9 Å². The van der Waals surface area contributed by atoms with Gasteiger partial charge in [0.15, 0.2) is 0 Å². The third kappa shape index (κ3) is 2.96. The normalized spacial score (nSPS) is 19.3. The van der Waals surface area contributed by atoms with Gasteiger partial charge in [-0.25, -0.2) is 0 Å². The van der Waals surface area contributed by atoms with Gasteiger partial charge in [0, 0.05) is 12.6 Å². The van der Waals surface area contributed by atoms with Crippen molar-refractivity contribution in [1.82, 2.24) is 4.90 Å². The van der Waals surface area contributed by atoms with Crippen LogP contribution in [0.4, 0.5) is 0 Å². The van der Waals surface area contributed by atoms with E-state index in [9.17, 15) is 0 Å². The molecule has 0 radical (unpaired) electrons. The van der Waals surface area contributed by atoms with Crippen molar-refractivity contribution in [1.29, 1.82) is 0 Å². The van der Waals surface area contributed by atoms with Gasteiger partial charge in [-0.15, -0.1) is 0 Å². The average molecular weight is 250 g/mol. The zero-order valence-electron chi connectivity index (χ0n) is 11.7. The quantitative estimate of drug-likeness (QED) is 0.872. The highest BCUT2D eigenvalue weighted by atomic mass is 16.3. The van der Waals surface area contributed by atoms with E-state index in [0.717, 1.165) is 18.1 Å². The molecule has 1 unspecified atom stereocenters. The summed E-state index contributed by atoms with van der Waals surface area (Å²) in [4.78, 5) is 2.54. The summed E-state index contributed by atoms with van der Waals surface area (Å²) in [6, 6.07) is 5.04. The minimum atomic E-state index is 0.242. The highest BCUT2D eigenvalue weighted by Gasteiger charge is 2.28. The minimum absolute atomic E-state index is 0.242. The molecule has 0 aliphatic heterocycles. The van der Waals surface area contributed by atoms with Crippen LogP contribution in [0.5, 0.6) is 0 Å². The van der Waals surface area contributed by atoms with Gasteiger partial charge in [0.05, 0.1) is 6.04 Å². The first kappa shape index (κ1) is 13.6. The molecular weight excluding hydrogens is 224 g/mol. The summed E-state index contributed by atoms with van der Waals surface area (Å²) >= 11 is 0. The van der Waals surface area contributed by atoms with Crippen LogP contribution in [0.15, 0.2) is 16.5 Å². The van der Waals surface area contributed by atoms with Gasteiger partial charge >= 0.3 is 0 Å². The Kier molecular flexibility index (Phi) is 4.84. The average Bonchev–Trinajstić information content (AvgIpc) is 2.83. The molecule has 1 fully saturated rings. The van der Waals surface area contributed by atoms with Gasteiger partial charge in [0.25, 0.3) is 0 Å². The zero-order chi connectivity index (χ0) is 13.0. The van der Waals surface area contributed by atoms with Gasteiger partial charge in [-0.3, -0.25) is 4.90 Å². The first-order valence-electron chi connectivity index (χ1n) is 7.28. The molecule has 2 rings (SSSR count). The smallest absolute Gasteiger partial charge is 0.122 e. The molecule has 1 aliphatic rings.